The molecule has 0 spiro atoms. The Balaban J connectivity index is 1.71. The van der Waals surface area contributed by atoms with Gasteiger partial charge in [0.15, 0.2) is 11.5 Å². The number of anilines is 1. The summed E-state index contributed by atoms with van der Waals surface area (Å²) in [6.45, 7) is 0.335. The Labute approximate surface area is 188 Å². The molecule has 10 heteroatoms. The highest BCUT2D eigenvalue weighted by molar-refractivity contribution is 7.94. The molecule has 0 radical (unpaired) electrons. The number of hydrogen-bond donors (Lipinski definition) is 1. The number of nitrogens with one attached hydrogen (secondary N) is 1. The van der Waals surface area contributed by atoms with E-state index in [0.717, 1.165) is 9.87 Å². The van der Waals surface area contributed by atoms with Crippen molar-refractivity contribution >= 4 is 27.5 Å². The van der Waals surface area contributed by atoms with Crippen LogP contribution >= 0.6 is 0 Å². The van der Waals surface area contributed by atoms with Crippen LogP contribution in [-0.4, -0.2) is 65.7 Å². The molecule has 9 nitrogen and oxygen atoms in total. The average Bonchev–Trinajstić information content (AvgIpc) is 3.05. The van der Waals surface area contributed by atoms with E-state index in [-0.39, 0.29) is 29.8 Å². The van der Waals surface area contributed by atoms with E-state index in [1.807, 2.05) is 37.2 Å². The number of hydrogen-bond acceptors (Lipinski definition) is 7. The fourth-order valence-electron chi connectivity index (χ4n) is 3.57. The zero-order valence-electron chi connectivity index (χ0n) is 18.5. The van der Waals surface area contributed by atoms with E-state index in [0.29, 0.717) is 23.6 Å². The lowest BCUT2D eigenvalue weighted by molar-refractivity contribution is -0.116. The third-order valence-electron chi connectivity index (χ3n) is 5.31. The van der Waals surface area contributed by atoms with Gasteiger partial charge in [0, 0.05) is 18.5 Å². The summed E-state index contributed by atoms with van der Waals surface area (Å²) in [5.74, 6) is 0.253. The monoisotopic (exact) mass is 461 g/mol. The first kappa shape index (κ1) is 23.6. The topological polar surface area (TPSA) is 105 Å². The van der Waals surface area contributed by atoms with Gasteiger partial charge >= 0.3 is 0 Å². The van der Waals surface area contributed by atoms with E-state index >= 15 is 0 Å². The van der Waals surface area contributed by atoms with E-state index in [2.05, 4.69) is 5.32 Å². The second-order valence-electron chi connectivity index (χ2n) is 7.57. The van der Waals surface area contributed by atoms with Gasteiger partial charge in [0.05, 0.1) is 31.7 Å². The lowest BCUT2D eigenvalue weighted by Crippen LogP contribution is -2.34. The highest BCUT2D eigenvalue weighted by Gasteiger charge is 2.36. The van der Waals surface area contributed by atoms with Gasteiger partial charge in [0.2, 0.25) is 15.9 Å². The van der Waals surface area contributed by atoms with Crippen LogP contribution in [0, 0.1) is 0 Å². The summed E-state index contributed by atoms with van der Waals surface area (Å²) in [5, 5.41) is 2.91. The first-order valence-electron chi connectivity index (χ1n) is 10.0. The Kier molecular flexibility index (Phi) is 7.05. The molecule has 2 aromatic carbocycles. The maximum Gasteiger partial charge on any atom is 0.251 e. The number of rotatable bonds is 8. The standard InChI is InChI=1S/C22H27N3O6S/c1-24(2)18(16-7-10-19(30-3)20(13-16)31-4)14-23-22(27)15-5-8-17(9-6-15)25-21(26)11-12-32(25,28)29/h5-10,13,18H,11-12,14H2,1-4H3,(H,23,27). The summed E-state index contributed by atoms with van der Waals surface area (Å²) < 4.78 is 35.6. The highest BCUT2D eigenvalue weighted by Crippen LogP contribution is 2.31. The molecular weight excluding hydrogens is 434 g/mol. The van der Waals surface area contributed by atoms with Crippen molar-refractivity contribution < 1.29 is 27.5 Å². The van der Waals surface area contributed by atoms with Crippen LogP contribution in [0.25, 0.3) is 0 Å². The van der Waals surface area contributed by atoms with Crippen LogP contribution in [-0.2, 0) is 14.8 Å². The highest BCUT2D eigenvalue weighted by atomic mass is 32.2. The number of methoxy groups -OCH3 is 2. The van der Waals surface area contributed by atoms with E-state index in [1.54, 1.807) is 14.2 Å². The van der Waals surface area contributed by atoms with Crippen LogP contribution in [0.4, 0.5) is 5.69 Å². The molecule has 1 N–H and O–H groups in total. The first-order chi connectivity index (χ1) is 15.2. The predicted octanol–water partition coefficient (Wildman–Crippen LogP) is 1.80. The van der Waals surface area contributed by atoms with Gasteiger partial charge in [-0.3, -0.25) is 9.59 Å². The number of sulfonamides is 1. The molecule has 1 fully saturated rings. The number of carbonyl (C=O) groups excluding carboxylic acids is 2. The molecule has 2 aromatic rings. The third-order valence-corrected chi connectivity index (χ3v) is 7.01. The van der Waals surface area contributed by atoms with Gasteiger partial charge in [-0.25, -0.2) is 12.7 Å². The average molecular weight is 462 g/mol. The smallest absolute Gasteiger partial charge is 0.251 e. The fraction of sp³-hybridized carbons (Fsp3) is 0.364. The molecule has 1 heterocycles. The Morgan fingerprint density at radius 2 is 1.75 bits per heavy atom. The molecule has 1 atom stereocenters. The number of carbonyl (C=O) groups is 2. The summed E-state index contributed by atoms with van der Waals surface area (Å²) in [5.41, 5.74) is 1.55. The Hall–Kier alpha value is -3.11. The Morgan fingerprint density at radius 1 is 1.09 bits per heavy atom. The van der Waals surface area contributed by atoms with Gasteiger partial charge in [-0.05, 0) is 56.1 Å². The summed E-state index contributed by atoms with van der Waals surface area (Å²) >= 11 is 0. The number of benzene rings is 2. The van der Waals surface area contributed by atoms with Gasteiger partial charge < -0.3 is 19.7 Å². The quantitative estimate of drug-likeness (QED) is 0.639. The second-order valence-corrected chi connectivity index (χ2v) is 9.51. The predicted molar refractivity (Wildman–Crippen MR) is 121 cm³/mol. The molecule has 0 aliphatic carbocycles. The Morgan fingerprint density at radius 3 is 2.28 bits per heavy atom. The largest absolute Gasteiger partial charge is 0.493 e. The molecule has 0 aromatic heterocycles. The molecule has 0 saturated carbocycles. The third kappa shape index (κ3) is 4.86. The summed E-state index contributed by atoms with van der Waals surface area (Å²) in [6.07, 6.45) is -0.0351. The lowest BCUT2D eigenvalue weighted by Gasteiger charge is -2.26. The summed E-state index contributed by atoms with van der Waals surface area (Å²) in [4.78, 5) is 26.6. The molecule has 32 heavy (non-hydrogen) atoms. The molecule has 1 saturated heterocycles. The number of likely N-dealkylation sites (N-methyl/N-ethyl adjacent to an activating group) is 1. The minimum Gasteiger partial charge on any atom is -0.493 e. The molecule has 3 rings (SSSR count). The Bertz CT molecular complexity index is 1100. The maximum atomic E-state index is 12.7. The normalized spacial score (nSPS) is 16.2. The zero-order valence-corrected chi connectivity index (χ0v) is 19.3. The van der Waals surface area contributed by atoms with Crippen LogP contribution in [0.5, 0.6) is 11.5 Å². The van der Waals surface area contributed by atoms with Gasteiger partial charge in [-0.15, -0.1) is 0 Å². The van der Waals surface area contributed by atoms with Crippen molar-refractivity contribution in [2.24, 2.45) is 0 Å². The van der Waals surface area contributed by atoms with Crippen molar-refractivity contribution in [2.45, 2.75) is 12.5 Å². The van der Waals surface area contributed by atoms with E-state index in [4.69, 9.17) is 9.47 Å². The lowest BCUT2D eigenvalue weighted by atomic mass is 10.0. The molecule has 172 valence electrons. The van der Waals surface area contributed by atoms with E-state index in [1.165, 1.54) is 24.3 Å². The fourth-order valence-corrected chi connectivity index (χ4v) is 5.03. The van der Waals surface area contributed by atoms with Crippen LogP contribution < -0.4 is 19.1 Å². The molecule has 1 aliphatic heterocycles. The molecule has 1 aliphatic rings. The minimum atomic E-state index is -3.64. The number of nitrogens with zero attached hydrogens (tertiary/aromatic N) is 2. The van der Waals surface area contributed by atoms with Crippen molar-refractivity contribution in [1.29, 1.82) is 0 Å². The van der Waals surface area contributed by atoms with Gasteiger partial charge in [-0.1, -0.05) is 6.07 Å². The summed E-state index contributed by atoms with van der Waals surface area (Å²) in [6, 6.07) is 11.4. The van der Waals surface area contributed by atoms with Gasteiger partial charge in [-0.2, -0.15) is 0 Å². The van der Waals surface area contributed by atoms with E-state index in [9.17, 15) is 18.0 Å². The van der Waals surface area contributed by atoms with Crippen molar-refractivity contribution in [2.75, 3.05) is 44.9 Å². The molecule has 1 unspecified atom stereocenters. The molecular formula is C22H27N3O6S. The maximum absolute atomic E-state index is 12.7. The zero-order chi connectivity index (χ0) is 23.5. The van der Waals surface area contributed by atoms with Gasteiger partial charge in [0.1, 0.15) is 0 Å². The van der Waals surface area contributed by atoms with Crippen LogP contribution in [0.3, 0.4) is 0 Å². The van der Waals surface area contributed by atoms with Crippen molar-refractivity contribution in [3.63, 3.8) is 0 Å². The number of ether oxygens (including phenoxy) is 2. The minimum absolute atomic E-state index is 0.0351. The molecule has 0 bridgehead atoms. The van der Waals surface area contributed by atoms with Crippen LogP contribution in [0.2, 0.25) is 0 Å². The summed E-state index contributed by atoms with van der Waals surface area (Å²) in [7, 11) is 3.33. The van der Waals surface area contributed by atoms with Crippen LogP contribution in [0.1, 0.15) is 28.4 Å². The first-order valence-corrected chi connectivity index (χ1v) is 11.6. The van der Waals surface area contributed by atoms with Crippen molar-refractivity contribution in [3.05, 3.63) is 53.6 Å². The van der Waals surface area contributed by atoms with Crippen LogP contribution in [0.15, 0.2) is 42.5 Å². The van der Waals surface area contributed by atoms with Gasteiger partial charge in [0.25, 0.3) is 5.91 Å². The number of amides is 2. The van der Waals surface area contributed by atoms with Crippen molar-refractivity contribution in [1.82, 2.24) is 10.2 Å². The van der Waals surface area contributed by atoms with E-state index < -0.39 is 15.9 Å². The second kappa shape index (κ2) is 9.58. The SMILES string of the molecule is COc1ccc(C(CNC(=O)c2ccc(N3C(=O)CCS3(=O)=O)cc2)N(C)C)cc1OC. The van der Waals surface area contributed by atoms with Crippen molar-refractivity contribution in [3.8, 4) is 11.5 Å². The molecule has 2 amide bonds.